The minimum Gasteiger partial charge on any atom is -0.314 e. The molecule has 0 aromatic carbocycles. The molecule has 0 amide bonds. The molecule has 0 heterocycles. The molecule has 0 aliphatic heterocycles. The van der Waals surface area contributed by atoms with Gasteiger partial charge in [0.15, 0.2) is 0 Å². The summed E-state index contributed by atoms with van der Waals surface area (Å²) >= 11 is 0. The van der Waals surface area contributed by atoms with Crippen molar-refractivity contribution >= 4 is 0 Å². The Morgan fingerprint density at radius 1 is 1.18 bits per heavy atom. The Morgan fingerprint density at radius 3 is 2.59 bits per heavy atom. The number of allylic oxidation sites excluding steroid dienone is 1. The molecule has 0 bridgehead atoms. The van der Waals surface area contributed by atoms with Gasteiger partial charge in [-0.3, -0.25) is 0 Å². The van der Waals surface area contributed by atoms with Crippen LogP contribution in [0.3, 0.4) is 0 Å². The van der Waals surface area contributed by atoms with Crippen LogP contribution in [-0.2, 0) is 0 Å². The van der Waals surface area contributed by atoms with Crippen molar-refractivity contribution in [2.24, 2.45) is 17.8 Å². The molecule has 3 atom stereocenters. The summed E-state index contributed by atoms with van der Waals surface area (Å²) < 4.78 is 0. The molecule has 1 N–H and O–H groups in total. The first-order valence-electron chi connectivity index (χ1n) is 7.53. The van der Waals surface area contributed by atoms with Crippen LogP contribution in [-0.4, -0.2) is 12.6 Å². The molecule has 0 saturated heterocycles. The van der Waals surface area contributed by atoms with Gasteiger partial charge in [-0.1, -0.05) is 18.9 Å². The highest BCUT2D eigenvalue weighted by molar-refractivity contribution is 4.91. The molecule has 0 aromatic rings. The van der Waals surface area contributed by atoms with Gasteiger partial charge in [0, 0.05) is 6.04 Å². The third-order valence-electron chi connectivity index (χ3n) is 4.59. The number of hydrogen-bond donors (Lipinski definition) is 1. The van der Waals surface area contributed by atoms with Crippen LogP contribution in [0.15, 0.2) is 12.2 Å². The lowest BCUT2D eigenvalue weighted by Gasteiger charge is -2.35. The van der Waals surface area contributed by atoms with E-state index in [-0.39, 0.29) is 0 Å². The van der Waals surface area contributed by atoms with Gasteiger partial charge >= 0.3 is 0 Å². The van der Waals surface area contributed by atoms with E-state index >= 15 is 0 Å². The Kier molecular flexibility index (Phi) is 4.67. The fraction of sp³-hybridized carbons (Fsp3) is 0.875. The molecular weight excluding hydrogens is 206 g/mol. The Labute approximate surface area is 107 Å². The van der Waals surface area contributed by atoms with Crippen molar-refractivity contribution in [3.05, 3.63) is 12.2 Å². The van der Waals surface area contributed by atoms with Crippen molar-refractivity contribution in [2.75, 3.05) is 6.54 Å². The minimum atomic E-state index is 0.871. The van der Waals surface area contributed by atoms with E-state index in [1.807, 2.05) is 0 Å². The third-order valence-corrected chi connectivity index (χ3v) is 4.59. The predicted molar refractivity (Wildman–Crippen MR) is 75.1 cm³/mol. The molecule has 1 nitrogen and oxygen atoms in total. The van der Waals surface area contributed by atoms with Crippen LogP contribution in [0.2, 0.25) is 0 Å². The highest BCUT2D eigenvalue weighted by atomic mass is 14.9. The van der Waals surface area contributed by atoms with Crippen LogP contribution < -0.4 is 5.32 Å². The molecular formula is C16H29N. The van der Waals surface area contributed by atoms with Crippen molar-refractivity contribution < 1.29 is 0 Å². The molecule has 2 fully saturated rings. The molecule has 2 rings (SSSR count). The molecule has 2 aliphatic rings. The maximum Gasteiger partial charge on any atom is 0.00683 e. The summed E-state index contributed by atoms with van der Waals surface area (Å²) in [7, 11) is 0. The first kappa shape index (κ1) is 13.1. The van der Waals surface area contributed by atoms with Gasteiger partial charge in [-0.05, 0) is 69.7 Å². The number of nitrogens with one attached hydrogen (secondary N) is 1. The van der Waals surface area contributed by atoms with Crippen molar-refractivity contribution in [3.63, 3.8) is 0 Å². The highest BCUT2D eigenvalue weighted by Gasteiger charge is 2.30. The minimum absolute atomic E-state index is 0.871. The van der Waals surface area contributed by atoms with Gasteiger partial charge in [-0.25, -0.2) is 0 Å². The summed E-state index contributed by atoms with van der Waals surface area (Å²) in [4.78, 5) is 0. The van der Waals surface area contributed by atoms with E-state index in [9.17, 15) is 0 Å². The van der Waals surface area contributed by atoms with Gasteiger partial charge in [-0.2, -0.15) is 0 Å². The molecule has 0 aromatic heterocycles. The fourth-order valence-corrected chi connectivity index (χ4v) is 3.22. The average molecular weight is 235 g/mol. The second-order valence-electron chi connectivity index (χ2n) is 6.62. The molecule has 2 aliphatic carbocycles. The van der Waals surface area contributed by atoms with E-state index in [0.29, 0.717) is 0 Å². The van der Waals surface area contributed by atoms with Crippen molar-refractivity contribution in [1.82, 2.24) is 5.32 Å². The summed E-state index contributed by atoms with van der Waals surface area (Å²) in [5.74, 6) is 2.83. The van der Waals surface area contributed by atoms with Crippen LogP contribution in [0.5, 0.6) is 0 Å². The van der Waals surface area contributed by atoms with Gasteiger partial charge in [0.25, 0.3) is 0 Å². The SMILES string of the molecule is C=C(C)CCC1CC(C)CCC1CNC1CC1. The van der Waals surface area contributed by atoms with E-state index in [4.69, 9.17) is 0 Å². The summed E-state index contributed by atoms with van der Waals surface area (Å²) in [5, 5.41) is 3.74. The zero-order valence-corrected chi connectivity index (χ0v) is 11.7. The molecule has 1 heteroatoms. The monoisotopic (exact) mass is 235 g/mol. The quantitative estimate of drug-likeness (QED) is 0.682. The van der Waals surface area contributed by atoms with Gasteiger partial charge in [0.1, 0.15) is 0 Å². The molecule has 17 heavy (non-hydrogen) atoms. The highest BCUT2D eigenvalue weighted by Crippen LogP contribution is 2.37. The van der Waals surface area contributed by atoms with E-state index in [1.54, 1.807) is 0 Å². The van der Waals surface area contributed by atoms with Crippen molar-refractivity contribution in [2.45, 2.75) is 64.8 Å². The summed E-state index contributed by atoms with van der Waals surface area (Å²) in [5.41, 5.74) is 1.36. The van der Waals surface area contributed by atoms with Crippen LogP contribution in [0.25, 0.3) is 0 Å². The Hall–Kier alpha value is -0.300. The fourth-order valence-electron chi connectivity index (χ4n) is 3.22. The largest absolute Gasteiger partial charge is 0.314 e. The molecule has 3 unspecified atom stereocenters. The Bertz CT molecular complexity index is 254. The standard InChI is InChI=1S/C16H29N/c1-12(2)4-6-14-10-13(3)5-7-15(14)11-17-16-8-9-16/h13-17H,1,4-11H2,2-3H3. The summed E-state index contributed by atoms with van der Waals surface area (Å²) in [6, 6.07) is 0.871. The molecule has 0 radical (unpaired) electrons. The maximum absolute atomic E-state index is 4.05. The van der Waals surface area contributed by atoms with Gasteiger partial charge in [0.05, 0.1) is 0 Å². The van der Waals surface area contributed by atoms with E-state index < -0.39 is 0 Å². The lowest BCUT2D eigenvalue weighted by atomic mass is 9.72. The molecule has 2 saturated carbocycles. The van der Waals surface area contributed by atoms with Gasteiger partial charge in [-0.15, -0.1) is 6.58 Å². The maximum atomic E-state index is 4.05. The van der Waals surface area contributed by atoms with E-state index in [1.165, 1.54) is 57.1 Å². The lowest BCUT2D eigenvalue weighted by Crippen LogP contribution is -2.33. The van der Waals surface area contributed by atoms with Gasteiger partial charge in [0.2, 0.25) is 0 Å². The average Bonchev–Trinajstić information content (AvgIpc) is 3.09. The lowest BCUT2D eigenvalue weighted by molar-refractivity contribution is 0.174. The summed E-state index contributed by atoms with van der Waals surface area (Å²) in [6.07, 6.45) is 9.78. The van der Waals surface area contributed by atoms with Crippen LogP contribution >= 0.6 is 0 Å². The third kappa shape index (κ3) is 4.46. The summed E-state index contributed by atoms with van der Waals surface area (Å²) in [6.45, 7) is 9.93. The van der Waals surface area contributed by atoms with E-state index in [2.05, 4.69) is 25.7 Å². The van der Waals surface area contributed by atoms with Crippen LogP contribution in [0.1, 0.15) is 58.8 Å². The Balaban J connectivity index is 1.78. The van der Waals surface area contributed by atoms with E-state index in [0.717, 1.165) is 23.8 Å². The molecule has 0 spiro atoms. The van der Waals surface area contributed by atoms with Crippen molar-refractivity contribution in [3.8, 4) is 0 Å². The normalized spacial score (nSPS) is 33.6. The number of rotatable bonds is 6. The topological polar surface area (TPSA) is 12.0 Å². The van der Waals surface area contributed by atoms with Crippen LogP contribution in [0, 0.1) is 17.8 Å². The second kappa shape index (κ2) is 6.04. The Morgan fingerprint density at radius 2 is 1.94 bits per heavy atom. The first-order valence-corrected chi connectivity index (χ1v) is 7.53. The van der Waals surface area contributed by atoms with Crippen LogP contribution in [0.4, 0.5) is 0 Å². The zero-order chi connectivity index (χ0) is 12.3. The smallest absolute Gasteiger partial charge is 0.00683 e. The molecule has 98 valence electrons. The van der Waals surface area contributed by atoms with Gasteiger partial charge < -0.3 is 5.32 Å². The second-order valence-corrected chi connectivity index (χ2v) is 6.62. The predicted octanol–water partition coefficient (Wildman–Crippen LogP) is 4.15. The zero-order valence-electron chi connectivity index (χ0n) is 11.7. The van der Waals surface area contributed by atoms with Crippen molar-refractivity contribution in [1.29, 1.82) is 0 Å². The number of hydrogen-bond acceptors (Lipinski definition) is 1. The first-order chi connectivity index (χ1) is 8.15.